The average molecular weight is 819 g/mol. The van der Waals surface area contributed by atoms with Gasteiger partial charge in [-0.05, 0) is 61.3 Å². The van der Waals surface area contributed by atoms with Crippen LogP contribution in [0.4, 0.5) is 0 Å². The lowest BCUT2D eigenvalue weighted by atomic mass is 9.44. The molecular formula is C41H58O13SSi. The number of benzene rings is 2. The van der Waals surface area contributed by atoms with E-state index in [4.69, 9.17) is 22.8 Å². The Morgan fingerprint density at radius 1 is 0.964 bits per heavy atom. The van der Waals surface area contributed by atoms with Crippen LogP contribution in [0.3, 0.4) is 0 Å². The highest BCUT2D eigenvalue weighted by molar-refractivity contribution is 7.86. The second-order valence-electron chi connectivity index (χ2n) is 18.0. The quantitative estimate of drug-likeness (QED) is 0.162. The zero-order chi connectivity index (χ0) is 41.9. The number of hydrogen-bond acceptors (Lipinski definition) is 13. The first-order valence-corrected chi connectivity index (χ1v) is 23.7. The number of aliphatic hydroxyl groups excluding tert-OH is 1. The molecule has 0 radical (unpaired) electrons. The van der Waals surface area contributed by atoms with Crippen LogP contribution in [-0.4, -0.2) is 105 Å². The summed E-state index contributed by atoms with van der Waals surface area (Å²) in [7, 11) is -5.73. The van der Waals surface area contributed by atoms with Crippen LogP contribution in [0.15, 0.2) is 54.6 Å². The Labute approximate surface area is 331 Å². The molecular weight excluding hydrogens is 761 g/mol. The molecule has 0 heterocycles. The molecule has 0 saturated heterocycles. The van der Waals surface area contributed by atoms with Crippen molar-refractivity contribution in [1.29, 1.82) is 0 Å². The molecule has 3 aliphatic rings. The van der Waals surface area contributed by atoms with Crippen LogP contribution in [0.25, 0.3) is 0 Å². The minimum absolute atomic E-state index is 0.0471. The standard InChI is InChI=1S/C41H58O13SSi/c1-37(2,3)56(9,10)54-30-22-31(53-55(8,48)49)40(46,24-42)33-35(52-36(45)26-14-12-11-13-15-26)41(47)29(43)21-20-28(38(41,4)5)32(34(44)39(30,33)6)51-23-25-16-18-27(50-7)19-17-25/h11-19,28,30-33,35,42,46-47H,20-24H2,1-10H3/t28-,30+,31+,32-,33?,35+,39-,40+,41-/m1/s1. The summed E-state index contributed by atoms with van der Waals surface area (Å²) in [6.45, 7) is 13.2. The van der Waals surface area contributed by atoms with E-state index < -0.39 is 112 Å². The lowest BCUT2D eigenvalue weighted by Gasteiger charge is -2.65. The molecule has 1 unspecified atom stereocenters. The van der Waals surface area contributed by atoms with Gasteiger partial charge in [0.05, 0.1) is 43.7 Å². The van der Waals surface area contributed by atoms with Crippen molar-refractivity contribution in [3.05, 3.63) is 65.7 Å². The number of methoxy groups -OCH3 is 1. The predicted octanol–water partition coefficient (Wildman–Crippen LogP) is 4.61. The lowest BCUT2D eigenvalue weighted by molar-refractivity contribution is -0.287. The summed E-state index contributed by atoms with van der Waals surface area (Å²) in [6, 6.07) is 14.9. The van der Waals surface area contributed by atoms with Crippen molar-refractivity contribution >= 4 is 36.0 Å². The molecule has 0 spiro atoms. The summed E-state index contributed by atoms with van der Waals surface area (Å²) in [5.41, 5.74) is -8.20. The van der Waals surface area contributed by atoms with Crippen molar-refractivity contribution in [2.45, 2.75) is 121 Å². The highest BCUT2D eigenvalue weighted by atomic mass is 32.2. The van der Waals surface area contributed by atoms with Gasteiger partial charge in [-0.15, -0.1) is 0 Å². The Kier molecular flexibility index (Phi) is 12.0. The predicted molar refractivity (Wildman–Crippen MR) is 209 cm³/mol. The number of aliphatic hydroxyl groups is 3. The maximum absolute atomic E-state index is 15.9. The number of esters is 1. The number of Topliss-reactive ketones (excluding diaryl/α,β-unsaturated/α-hetero) is 2. The van der Waals surface area contributed by atoms with Gasteiger partial charge in [-0.25, -0.2) is 4.79 Å². The van der Waals surface area contributed by atoms with E-state index in [9.17, 15) is 33.3 Å². The lowest BCUT2D eigenvalue weighted by Crippen LogP contribution is -2.80. The first-order chi connectivity index (χ1) is 25.8. The highest BCUT2D eigenvalue weighted by Crippen LogP contribution is 2.62. The van der Waals surface area contributed by atoms with Crippen LogP contribution in [-0.2, 0) is 44.4 Å². The third kappa shape index (κ3) is 7.54. The molecule has 15 heteroatoms. The first-order valence-electron chi connectivity index (χ1n) is 19.0. The number of hydrogen-bond donors (Lipinski definition) is 3. The van der Waals surface area contributed by atoms with Gasteiger partial charge in [0.2, 0.25) is 0 Å². The Balaban J connectivity index is 1.84. The number of carbonyl (C=O) groups excluding carboxylic acids is 3. The van der Waals surface area contributed by atoms with Gasteiger partial charge in [0, 0.05) is 30.1 Å². The topological polar surface area (TPSA) is 192 Å². The largest absolute Gasteiger partial charge is 0.497 e. The van der Waals surface area contributed by atoms with Crippen LogP contribution in [0.2, 0.25) is 18.1 Å². The molecule has 13 nitrogen and oxygen atoms in total. The smallest absolute Gasteiger partial charge is 0.338 e. The summed E-state index contributed by atoms with van der Waals surface area (Å²) < 4.78 is 56.6. The van der Waals surface area contributed by atoms with Crippen molar-refractivity contribution in [3.8, 4) is 5.75 Å². The van der Waals surface area contributed by atoms with Gasteiger partial charge in [0.1, 0.15) is 29.7 Å². The van der Waals surface area contributed by atoms with E-state index >= 15 is 4.79 Å². The van der Waals surface area contributed by atoms with Gasteiger partial charge in [-0.3, -0.25) is 13.8 Å². The van der Waals surface area contributed by atoms with E-state index in [2.05, 4.69) is 0 Å². The molecule has 0 amide bonds. The number of ether oxygens (including phenoxy) is 3. The number of fused-ring (bicyclic) bond motifs is 3. The molecule has 2 bridgehead atoms. The molecule has 2 aromatic carbocycles. The van der Waals surface area contributed by atoms with Crippen LogP contribution in [0.5, 0.6) is 5.75 Å². The van der Waals surface area contributed by atoms with E-state index in [-0.39, 0.29) is 25.0 Å². The molecule has 3 aliphatic carbocycles. The summed E-state index contributed by atoms with van der Waals surface area (Å²) in [5, 5.41) is 37.0. The SMILES string of the molecule is COc1ccc(CO[C@H]2C(=O)[C@@]3(C)C([C@H](OC(=O)c4ccccc4)[C@]4(O)C(=O)CC[C@H]2C4(C)C)[C@](O)(CO)[C@@H](OS(C)(=O)=O)C[C@@H]3O[Si](C)(C)C(C)(C)C)cc1. The molecule has 5 rings (SSSR count). The molecule has 0 aromatic heterocycles. The zero-order valence-electron chi connectivity index (χ0n) is 34.0. The molecule has 0 aliphatic heterocycles. The van der Waals surface area contributed by atoms with Gasteiger partial charge in [-0.2, -0.15) is 8.42 Å². The number of carbonyl (C=O) groups is 3. The van der Waals surface area contributed by atoms with Crippen LogP contribution < -0.4 is 4.74 Å². The third-order valence-electron chi connectivity index (χ3n) is 13.3. The van der Waals surface area contributed by atoms with E-state index in [1.807, 2.05) is 33.9 Å². The second-order valence-corrected chi connectivity index (χ2v) is 24.4. The monoisotopic (exact) mass is 818 g/mol. The first kappa shape index (κ1) is 44.1. The fourth-order valence-corrected chi connectivity index (χ4v) is 11.0. The molecule has 3 fully saturated rings. The van der Waals surface area contributed by atoms with Crippen molar-refractivity contribution in [2.75, 3.05) is 20.0 Å². The molecule has 9 atom stereocenters. The minimum Gasteiger partial charge on any atom is -0.497 e. The Morgan fingerprint density at radius 2 is 1.57 bits per heavy atom. The van der Waals surface area contributed by atoms with E-state index in [0.717, 1.165) is 6.26 Å². The Hall–Kier alpha value is -3.02. The number of ketones is 2. The maximum atomic E-state index is 15.9. The minimum atomic E-state index is -4.36. The third-order valence-corrected chi connectivity index (χ3v) is 18.4. The number of rotatable bonds is 11. The average Bonchev–Trinajstić information content (AvgIpc) is 3.12. The fraction of sp³-hybridized carbons (Fsp3) is 0.634. The molecule has 3 saturated carbocycles. The Morgan fingerprint density at radius 3 is 2.11 bits per heavy atom. The van der Waals surface area contributed by atoms with Crippen molar-refractivity contribution < 1.29 is 60.9 Å². The normalized spacial score (nSPS) is 33.5. The van der Waals surface area contributed by atoms with Gasteiger partial charge >= 0.3 is 5.97 Å². The van der Waals surface area contributed by atoms with E-state index in [1.165, 1.54) is 19.1 Å². The molecule has 56 heavy (non-hydrogen) atoms. The summed E-state index contributed by atoms with van der Waals surface area (Å²) in [6.07, 6.45) is -6.13. The van der Waals surface area contributed by atoms with Gasteiger partial charge in [0.25, 0.3) is 10.1 Å². The fourth-order valence-electron chi connectivity index (χ4n) is 8.96. The van der Waals surface area contributed by atoms with Gasteiger partial charge < -0.3 is 34.0 Å². The summed E-state index contributed by atoms with van der Waals surface area (Å²) in [5.74, 6) is -4.41. The van der Waals surface area contributed by atoms with Crippen LogP contribution in [0, 0.1) is 22.7 Å². The van der Waals surface area contributed by atoms with Gasteiger partial charge in [0.15, 0.2) is 25.5 Å². The van der Waals surface area contributed by atoms with Crippen LogP contribution >= 0.6 is 0 Å². The summed E-state index contributed by atoms with van der Waals surface area (Å²) >= 11 is 0. The van der Waals surface area contributed by atoms with Crippen LogP contribution in [0.1, 0.15) is 76.7 Å². The van der Waals surface area contributed by atoms with E-state index in [1.54, 1.807) is 63.4 Å². The summed E-state index contributed by atoms with van der Waals surface area (Å²) in [4.78, 5) is 44.6. The zero-order valence-corrected chi connectivity index (χ0v) is 35.8. The van der Waals surface area contributed by atoms with Crippen molar-refractivity contribution in [2.24, 2.45) is 22.7 Å². The van der Waals surface area contributed by atoms with Gasteiger partial charge in [-0.1, -0.05) is 65.0 Å². The maximum Gasteiger partial charge on any atom is 0.338 e. The Bertz CT molecular complexity index is 1890. The molecule has 3 N–H and O–H groups in total. The molecule has 310 valence electrons. The van der Waals surface area contributed by atoms with Crippen molar-refractivity contribution in [1.82, 2.24) is 0 Å². The highest BCUT2D eigenvalue weighted by Gasteiger charge is 2.77. The second kappa shape index (κ2) is 15.3. The van der Waals surface area contributed by atoms with E-state index in [0.29, 0.717) is 11.3 Å². The van der Waals surface area contributed by atoms with Crippen molar-refractivity contribution in [3.63, 3.8) is 0 Å². The molecule has 2 aromatic rings.